The molecule has 0 aromatic heterocycles. The molecule has 0 unspecified atom stereocenters. The van der Waals surface area contributed by atoms with E-state index in [4.69, 9.17) is 26.8 Å². The molecule has 0 aliphatic rings. The minimum absolute atomic E-state index is 0.0970. The average Bonchev–Trinajstić information content (AvgIpc) is 2.30. The van der Waals surface area contributed by atoms with Crippen molar-refractivity contribution < 1.29 is 9.47 Å². The minimum Gasteiger partial charge on any atom is -0.491 e. The molecule has 1 aromatic carbocycles. The lowest BCUT2D eigenvalue weighted by Crippen LogP contribution is -2.11. The van der Waals surface area contributed by atoms with Gasteiger partial charge in [-0.3, -0.25) is 0 Å². The van der Waals surface area contributed by atoms with Crippen molar-refractivity contribution in [2.24, 2.45) is 5.73 Å². The maximum atomic E-state index is 5.93. The predicted octanol–water partition coefficient (Wildman–Crippen LogP) is 3.17. The van der Waals surface area contributed by atoms with Crippen LogP contribution in [0, 0.1) is 0 Å². The fraction of sp³-hybridized carbons (Fsp3) is 0.538. The molecule has 1 aromatic rings. The summed E-state index contributed by atoms with van der Waals surface area (Å²) in [5.74, 6) is 0.782. The molecule has 17 heavy (non-hydrogen) atoms. The molecular weight excluding hydrogens is 238 g/mol. The van der Waals surface area contributed by atoms with Gasteiger partial charge in [0.25, 0.3) is 0 Å². The quantitative estimate of drug-likeness (QED) is 0.763. The van der Waals surface area contributed by atoms with Gasteiger partial charge in [-0.15, -0.1) is 0 Å². The Morgan fingerprint density at radius 3 is 2.71 bits per heavy atom. The van der Waals surface area contributed by atoms with Crippen molar-refractivity contribution in [3.63, 3.8) is 0 Å². The van der Waals surface area contributed by atoms with Crippen LogP contribution in [0.2, 0.25) is 5.02 Å². The van der Waals surface area contributed by atoms with Crippen LogP contribution in [0.3, 0.4) is 0 Å². The Bertz CT molecular complexity index is 342. The number of ether oxygens (including phenoxy) is 2. The number of hydrogen-bond donors (Lipinski definition) is 1. The van der Waals surface area contributed by atoms with Gasteiger partial charge in [0.2, 0.25) is 0 Å². The van der Waals surface area contributed by atoms with Gasteiger partial charge in [-0.25, -0.2) is 0 Å². The molecule has 1 atom stereocenters. The molecule has 0 bridgehead atoms. The Hall–Kier alpha value is -0.770. The van der Waals surface area contributed by atoms with Crippen LogP contribution in [0.25, 0.3) is 0 Å². The Morgan fingerprint density at radius 1 is 1.29 bits per heavy atom. The van der Waals surface area contributed by atoms with Gasteiger partial charge in [0, 0.05) is 23.2 Å². The van der Waals surface area contributed by atoms with E-state index in [0.29, 0.717) is 18.2 Å². The van der Waals surface area contributed by atoms with Crippen LogP contribution in [0.15, 0.2) is 18.2 Å². The first-order valence-electron chi connectivity index (χ1n) is 5.90. The second-order valence-corrected chi connectivity index (χ2v) is 4.37. The molecule has 0 aliphatic carbocycles. The van der Waals surface area contributed by atoms with Crippen molar-refractivity contribution >= 4 is 11.6 Å². The summed E-state index contributed by atoms with van der Waals surface area (Å²) in [4.78, 5) is 0. The normalized spacial score (nSPS) is 12.5. The Kier molecular flexibility index (Phi) is 6.34. The van der Waals surface area contributed by atoms with Gasteiger partial charge in [0.15, 0.2) is 0 Å². The van der Waals surface area contributed by atoms with E-state index in [1.165, 1.54) is 0 Å². The molecule has 0 aliphatic heterocycles. The van der Waals surface area contributed by atoms with Crippen molar-refractivity contribution in [3.8, 4) is 5.75 Å². The molecule has 1 rings (SSSR count). The molecular formula is C13H20ClNO2. The highest BCUT2D eigenvalue weighted by molar-refractivity contribution is 6.30. The summed E-state index contributed by atoms with van der Waals surface area (Å²) >= 11 is 5.93. The van der Waals surface area contributed by atoms with E-state index in [1.54, 1.807) is 6.07 Å². The first-order chi connectivity index (χ1) is 8.15. The zero-order valence-corrected chi connectivity index (χ0v) is 11.2. The van der Waals surface area contributed by atoms with Gasteiger partial charge in [-0.05, 0) is 31.5 Å². The molecule has 0 heterocycles. The van der Waals surface area contributed by atoms with Gasteiger partial charge in [0.1, 0.15) is 12.4 Å². The second kappa shape index (κ2) is 7.54. The predicted molar refractivity (Wildman–Crippen MR) is 70.7 cm³/mol. The van der Waals surface area contributed by atoms with Crippen LogP contribution in [0.1, 0.15) is 31.9 Å². The van der Waals surface area contributed by atoms with Gasteiger partial charge in [-0.2, -0.15) is 0 Å². The van der Waals surface area contributed by atoms with Crippen molar-refractivity contribution in [1.29, 1.82) is 0 Å². The summed E-state index contributed by atoms with van der Waals surface area (Å²) in [5.41, 5.74) is 6.79. The molecule has 0 radical (unpaired) electrons. The molecule has 0 spiro atoms. The molecule has 96 valence electrons. The minimum atomic E-state index is -0.0970. The highest BCUT2D eigenvalue weighted by atomic mass is 35.5. The Labute approximate surface area is 108 Å². The highest BCUT2D eigenvalue weighted by Crippen LogP contribution is 2.27. The van der Waals surface area contributed by atoms with Crippen LogP contribution in [0.5, 0.6) is 5.75 Å². The largest absolute Gasteiger partial charge is 0.491 e. The molecule has 0 fully saturated rings. The Balaban J connectivity index is 2.52. The van der Waals surface area contributed by atoms with Crippen LogP contribution in [0.4, 0.5) is 0 Å². The van der Waals surface area contributed by atoms with Gasteiger partial charge < -0.3 is 15.2 Å². The van der Waals surface area contributed by atoms with Crippen LogP contribution in [-0.4, -0.2) is 19.8 Å². The fourth-order valence-corrected chi connectivity index (χ4v) is 1.64. The highest BCUT2D eigenvalue weighted by Gasteiger charge is 2.08. The SMILES string of the molecule is CCCOCCOc1ccc(Cl)cc1[C@@H](C)N. The first-order valence-corrected chi connectivity index (χ1v) is 6.28. The van der Waals surface area contributed by atoms with Gasteiger partial charge in [-0.1, -0.05) is 18.5 Å². The molecule has 0 amide bonds. The molecule has 3 nitrogen and oxygen atoms in total. The summed E-state index contributed by atoms with van der Waals surface area (Å²) in [6.07, 6.45) is 1.02. The van der Waals surface area contributed by atoms with Crippen LogP contribution >= 0.6 is 11.6 Å². The summed E-state index contributed by atoms with van der Waals surface area (Å²) in [5, 5.41) is 0.673. The van der Waals surface area contributed by atoms with E-state index in [9.17, 15) is 0 Å². The van der Waals surface area contributed by atoms with E-state index in [-0.39, 0.29) is 6.04 Å². The van der Waals surface area contributed by atoms with Crippen LogP contribution < -0.4 is 10.5 Å². The number of hydrogen-bond acceptors (Lipinski definition) is 3. The van der Waals surface area contributed by atoms with E-state index in [1.807, 2.05) is 19.1 Å². The first kappa shape index (κ1) is 14.3. The van der Waals surface area contributed by atoms with Crippen molar-refractivity contribution in [1.82, 2.24) is 0 Å². The summed E-state index contributed by atoms with van der Waals surface area (Å²) in [6, 6.07) is 5.39. The topological polar surface area (TPSA) is 44.5 Å². The van der Waals surface area contributed by atoms with Crippen molar-refractivity contribution in [3.05, 3.63) is 28.8 Å². The third kappa shape index (κ3) is 4.94. The third-order valence-corrected chi connectivity index (χ3v) is 2.53. The van der Waals surface area contributed by atoms with Crippen molar-refractivity contribution in [2.45, 2.75) is 26.3 Å². The fourth-order valence-electron chi connectivity index (χ4n) is 1.46. The maximum absolute atomic E-state index is 5.93. The lowest BCUT2D eigenvalue weighted by Gasteiger charge is -2.14. The van der Waals surface area contributed by atoms with Gasteiger partial charge >= 0.3 is 0 Å². The molecule has 2 N–H and O–H groups in total. The summed E-state index contributed by atoms with van der Waals surface area (Å²) < 4.78 is 11.0. The molecule has 0 saturated heterocycles. The van der Waals surface area contributed by atoms with E-state index < -0.39 is 0 Å². The smallest absolute Gasteiger partial charge is 0.124 e. The van der Waals surface area contributed by atoms with E-state index in [2.05, 4.69) is 6.92 Å². The zero-order valence-electron chi connectivity index (χ0n) is 10.4. The number of benzene rings is 1. The second-order valence-electron chi connectivity index (χ2n) is 3.93. The maximum Gasteiger partial charge on any atom is 0.124 e. The number of nitrogens with two attached hydrogens (primary N) is 1. The third-order valence-electron chi connectivity index (χ3n) is 2.30. The number of halogens is 1. The molecule has 0 saturated carbocycles. The standard InChI is InChI=1S/C13H20ClNO2/c1-3-6-16-7-8-17-13-5-4-11(14)9-12(13)10(2)15/h4-5,9-10H,3,6-8,15H2,1-2H3/t10-/m1/s1. The van der Waals surface area contributed by atoms with Gasteiger partial charge in [0.05, 0.1) is 6.61 Å². The summed E-state index contributed by atoms with van der Waals surface area (Å²) in [6.45, 7) is 5.88. The Morgan fingerprint density at radius 2 is 2.06 bits per heavy atom. The summed E-state index contributed by atoms with van der Waals surface area (Å²) in [7, 11) is 0. The number of rotatable bonds is 7. The van der Waals surface area contributed by atoms with Crippen LogP contribution in [-0.2, 0) is 4.74 Å². The van der Waals surface area contributed by atoms with E-state index in [0.717, 1.165) is 24.3 Å². The average molecular weight is 258 g/mol. The molecule has 4 heteroatoms. The monoisotopic (exact) mass is 257 g/mol. The van der Waals surface area contributed by atoms with Crippen molar-refractivity contribution in [2.75, 3.05) is 19.8 Å². The van der Waals surface area contributed by atoms with E-state index >= 15 is 0 Å². The lowest BCUT2D eigenvalue weighted by molar-refractivity contribution is 0.100. The lowest BCUT2D eigenvalue weighted by atomic mass is 10.1. The zero-order chi connectivity index (χ0) is 12.7.